The van der Waals surface area contributed by atoms with Gasteiger partial charge in [0.15, 0.2) is 6.61 Å². The van der Waals surface area contributed by atoms with Gasteiger partial charge in [0, 0.05) is 11.9 Å². The minimum absolute atomic E-state index is 0.128. The quantitative estimate of drug-likeness (QED) is 0.610. The zero-order valence-corrected chi connectivity index (χ0v) is 13.5. The minimum atomic E-state index is -5.01. The first-order chi connectivity index (χ1) is 12.5. The number of alkyl halides is 6. The third-order valence-corrected chi connectivity index (χ3v) is 2.97. The molecule has 1 N–H and O–H groups in total. The van der Waals surface area contributed by atoms with E-state index in [1.807, 2.05) is 0 Å². The van der Waals surface area contributed by atoms with Crippen molar-refractivity contribution < 1.29 is 40.6 Å². The lowest BCUT2D eigenvalue weighted by atomic mass is 10.2. The van der Waals surface area contributed by atoms with Crippen LogP contribution in [0.5, 0.6) is 5.88 Å². The number of benzene rings is 1. The van der Waals surface area contributed by atoms with Crippen molar-refractivity contribution in [2.24, 2.45) is 0 Å². The molecule has 0 atom stereocenters. The van der Waals surface area contributed by atoms with Gasteiger partial charge in [-0.3, -0.25) is 0 Å². The normalized spacial score (nSPS) is 11.8. The summed E-state index contributed by atoms with van der Waals surface area (Å²) in [6.07, 6.45) is -9.56. The highest BCUT2D eigenvalue weighted by Crippen LogP contribution is 2.36. The lowest BCUT2D eigenvalue weighted by molar-refractivity contribution is -0.159. The number of rotatable bonds is 5. The maximum Gasteiger partial charge on any atom is 0.423 e. The monoisotopic (exact) mass is 395 g/mol. The van der Waals surface area contributed by atoms with E-state index in [-0.39, 0.29) is 11.3 Å². The topological polar surface area (TPSA) is 73.3 Å². The van der Waals surface area contributed by atoms with Gasteiger partial charge in [0.05, 0.1) is 12.7 Å². The average Bonchev–Trinajstić information content (AvgIpc) is 2.58. The van der Waals surface area contributed by atoms with Crippen LogP contribution >= 0.6 is 0 Å². The molecule has 12 heteroatoms. The number of methoxy groups -OCH3 is 1. The fourth-order valence-electron chi connectivity index (χ4n) is 1.85. The van der Waals surface area contributed by atoms with Gasteiger partial charge in [-0.25, -0.2) is 9.78 Å². The Bertz CT molecular complexity index is 823. The molecule has 146 valence electrons. The van der Waals surface area contributed by atoms with Gasteiger partial charge in [-0.1, -0.05) is 6.07 Å². The second kappa shape index (κ2) is 7.68. The molecule has 0 bridgehead atoms. The molecule has 1 heterocycles. The van der Waals surface area contributed by atoms with Crippen molar-refractivity contribution in [3.63, 3.8) is 0 Å². The first kappa shape index (κ1) is 20.3. The van der Waals surface area contributed by atoms with Crippen LogP contribution in [0.1, 0.15) is 15.9 Å². The van der Waals surface area contributed by atoms with E-state index in [9.17, 15) is 31.1 Å². The van der Waals surface area contributed by atoms with Crippen LogP contribution < -0.4 is 10.1 Å². The number of hydrogen-bond acceptors (Lipinski definition) is 6. The summed E-state index contributed by atoms with van der Waals surface area (Å²) in [6.45, 7) is -1.95. The molecule has 0 aliphatic carbocycles. The molecule has 0 aliphatic heterocycles. The number of esters is 1. The average molecular weight is 395 g/mol. The summed E-state index contributed by atoms with van der Waals surface area (Å²) in [5, 5.41) is 2.48. The largest absolute Gasteiger partial charge is 0.467 e. The Hall–Kier alpha value is -3.05. The highest BCUT2D eigenvalue weighted by atomic mass is 19.4. The second-order valence-electron chi connectivity index (χ2n) is 5.01. The fraction of sp³-hybridized carbons (Fsp3) is 0.267. The Morgan fingerprint density at radius 3 is 2.48 bits per heavy atom. The number of nitrogens with one attached hydrogen (secondary N) is 1. The number of carbonyl (C=O) groups is 1. The third kappa shape index (κ3) is 5.72. The van der Waals surface area contributed by atoms with Crippen LogP contribution in [0.3, 0.4) is 0 Å². The Morgan fingerprint density at radius 2 is 1.89 bits per heavy atom. The SMILES string of the molecule is COC(=O)c1cccc(Nc2ncc(C(F)(F)F)c(OCC(F)(F)F)n2)c1. The predicted molar refractivity (Wildman–Crippen MR) is 79.6 cm³/mol. The van der Waals surface area contributed by atoms with Gasteiger partial charge in [-0.2, -0.15) is 31.3 Å². The number of carbonyl (C=O) groups excluding carboxylic acids is 1. The van der Waals surface area contributed by atoms with Crippen LogP contribution in [0.15, 0.2) is 30.5 Å². The van der Waals surface area contributed by atoms with E-state index in [1.54, 1.807) is 0 Å². The van der Waals surface area contributed by atoms with Crippen LogP contribution in [0.2, 0.25) is 0 Å². The molecule has 6 nitrogen and oxygen atoms in total. The van der Waals surface area contributed by atoms with Crippen molar-refractivity contribution >= 4 is 17.6 Å². The van der Waals surface area contributed by atoms with E-state index < -0.39 is 42.3 Å². The van der Waals surface area contributed by atoms with E-state index in [1.165, 1.54) is 24.3 Å². The van der Waals surface area contributed by atoms with Gasteiger partial charge in [0.25, 0.3) is 0 Å². The summed E-state index contributed by atoms with van der Waals surface area (Å²) >= 11 is 0. The Morgan fingerprint density at radius 1 is 1.19 bits per heavy atom. The summed E-state index contributed by atoms with van der Waals surface area (Å²) < 4.78 is 84.2. The number of ether oxygens (including phenoxy) is 2. The molecule has 2 aromatic rings. The summed E-state index contributed by atoms with van der Waals surface area (Å²) in [5.74, 6) is -2.40. The van der Waals surface area contributed by atoms with Gasteiger partial charge < -0.3 is 14.8 Å². The number of hydrogen-bond donors (Lipinski definition) is 1. The molecule has 1 aromatic carbocycles. The summed E-state index contributed by atoms with van der Waals surface area (Å²) in [4.78, 5) is 18.2. The van der Waals surface area contributed by atoms with Crippen LogP contribution in [0.25, 0.3) is 0 Å². The molecule has 2 rings (SSSR count). The molecule has 27 heavy (non-hydrogen) atoms. The van der Waals surface area contributed by atoms with Crippen molar-refractivity contribution in [2.45, 2.75) is 12.4 Å². The first-order valence-corrected chi connectivity index (χ1v) is 7.09. The maximum atomic E-state index is 12.9. The standard InChI is InChI=1S/C15H11F6N3O3/c1-26-12(25)8-3-2-4-9(5-8)23-13-22-6-10(15(19,20)21)11(24-13)27-7-14(16,17)18/h2-6H,7H2,1H3,(H,22,23,24). The number of aromatic nitrogens is 2. The molecule has 0 saturated carbocycles. The summed E-state index contributed by atoms with van der Waals surface area (Å²) in [5.41, 5.74) is -1.23. The maximum absolute atomic E-state index is 12.9. The van der Waals surface area contributed by atoms with E-state index in [4.69, 9.17) is 0 Å². The predicted octanol–water partition coefficient (Wildman–Crippen LogP) is 3.97. The zero-order chi connectivity index (χ0) is 20.2. The highest BCUT2D eigenvalue weighted by molar-refractivity contribution is 5.90. The van der Waals surface area contributed by atoms with E-state index in [2.05, 4.69) is 24.8 Å². The third-order valence-electron chi connectivity index (χ3n) is 2.97. The molecular weight excluding hydrogens is 384 g/mol. The molecule has 0 unspecified atom stereocenters. The minimum Gasteiger partial charge on any atom is -0.467 e. The van der Waals surface area contributed by atoms with Gasteiger partial charge >= 0.3 is 18.3 Å². The number of anilines is 2. The summed E-state index contributed by atoms with van der Waals surface area (Å²) in [7, 11) is 1.16. The smallest absolute Gasteiger partial charge is 0.423 e. The van der Waals surface area contributed by atoms with Gasteiger partial charge in [-0.05, 0) is 18.2 Å². The van der Waals surface area contributed by atoms with E-state index in [0.717, 1.165) is 7.11 Å². The van der Waals surface area contributed by atoms with Crippen molar-refractivity contribution in [3.05, 3.63) is 41.6 Å². The second-order valence-corrected chi connectivity index (χ2v) is 5.01. The molecule has 0 radical (unpaired) electrons. The van der Waals surface area contributed by atoms with Gasteiger partial charge in [0.1, 0.15) is 5.56 Å². The lowest BCUT2D eigenvalue weighted by Gasteiger charge is -2.15. The Labute approximate surface area is 148 Å². The van der Waals surface area contributed by atoms with Crippen LogP contribution in [-0.2, 0) is 10.9 Å². The van der Waals surface area contributed by atoms with Crippen molar-refractivity contribution in [2.75, 3.05) is 19.0 Å². The number of halogens is 6. The van der Waals surface area contributed by atoms with Crippen LogP contribution in [-0.4, -0.2) is 35.8 Å². The molecular formula is C15H11F6N3O3. The molecule has 0 amide bonds. The van der Waals surface area contributed by atoms with Gasteiger partial charge in [0.2, 0.25) is 11.8 Å². The van der Waals surface area contributed by atoms with Crippen molar-refractivity contribution in [1.82, 2.24) is 9.97 Å². The van der Waals surface area contributed by atoms with Crippen LogP contribution in [0.4, 0.5) is 38.0 Å². The molecule has 0 saturated heterocycles. The molecule has 0 spiro atoms. The van der Waals surface area contributed by atoms with Gasteiger partial charge in [-0.15, -0.1) is 0 Å². The highest BCUT2D eigenvalue weighted by Gasteiger charge is 2.38. The Kier molecular flexibility index (Phi) is 5.76. The number of nitrogens with zero attached hydrogens (tertiary/aromatic N) is 2. The lowest BCUT2D eigenvalue weighted by Crippen LogP contribution is -2.22. The first-order valence-electron chi connectivity index (χ1n) is 7.09. The fourth-order valence-corrected chi connectivity index (χ4v) is 1.85. The van der Waals surface area contributed by atoms with E-state index in [0.29, 0.717) is 6.20 Å². The Balaban J connectivity index is 2.31. The van der Waals surface area contributed by atoms with Crippen LogP contribution in [0, 0.1) is 0 Å². The van der Waals surface area contributed by atoms with E-state index >= 15 is 0 Å². The molecule has 0 aliphatic rings. The molecule has 0 fully saturated rings. The van der Waals surface area contributed by atoms with Crippen molar-refractivity contribution in [1.29, 1.82) is 0 Å². The molecule has 1 aromatic heterocycles. The van der Waals surface area contributed by atoms with Crippen molar-refractivity contribution in [3.8, 4) is 5.88 Å². The zero-order valence-electron chi connectivity index (χ0n) is 13.5. The summed E-state index contributed by atoms with van der Waals surface area (Å²) in [6, 6.07) is 5.59.